The first-order valence-corrected chi connectivity index (χ1v) is 5.26. The van der Waals surface area contributed by atoms with E-state index in [1.54, 1.807) is 0 Å². The van der Waals surface area contributed by atoms with E-state index in [9.17, 15) is 4.79 Å². The zero-order chi connectivity index (χ0) is 11.1. The van der Waals surface area contributed by atoms with Gasteiger partial charge in [-0.05, 0) is 24.7 Å². The fourth-order valence-electron chi connectivity index (χ4n) is 1.99. The second-order valence-electron chi connectivity index (χ2n) is 5.65. The molecule has 1 fully saturated rings. The predicted molar refractivity (Wildman–Crippen MR) is 58.2 cm³/mol. The smallest absolute Gasteiger partial charge is 0.315 e. The van der Waals surface area contributed by atoms with Crippen molar-refractivity contribution in [2.24, 2.45) is 10.8 Å². The molecule has 3 heteroatoms. The molecule has 0 bridgehead atoms. The molecule has 0 aliphatic heterocycles. The van der Waals surface area contributed by atoms with E-state index in [1.807, 2.05) is 13.8 Å². The number of amides is 2. The van der Waals surface area contributed by atoms with Crippen LogP contribution >= 0.6 is 0 Å². The molecule has 1 aliphatic rings. The Morgan fingerprint density at radius 1 is 1.14 bits per heavy atom. The molecule has 0 aromatic carbocycles. The van der Waals surface area contributed by atoms with Crippen LogP contribution in [0.15, 0.2) is 0 Å². The molecule has 0 unspecified atom stereocenters. The van der Waals surface area contributed by atoms with E-state index < -0.39 is 0 Å². The Balaban J connectivity index is 2.45. The first kappa shape index (κ1) is 11.3. The third kappa shape index (κ3) is 1.72. The molecular formula is C11H22N2O. The molecule has 0 saturated heterocycles. The van der Waals surface area contributed by atoms with E-state index in [1.165, 1.54) is 0 Å². The van der Waals surface area contributed by atoms with Crippen LogP contribution in [0.5, 0.6) is 0 Å². The van der Waals surface area contributed by atoms with Crippen molar-refractivity contribution in [1.29, 1.82) is 0 Å². The Hall–Kier alpha value is -0.730. The molecule has 1 aliphatic carbocycles. The van der Waals surface area contributed by atoms with E-state index in [2.05, 4.69) is 38.3 Å². The maximum atomic E-state index is 11.5. The summed E-state index contributed by atoms with van der Waals surface area (Å²) in [5.41, 5.74) is 0.419. The molecule has 3 nitrogen and oxygen atoms in total. The van der Waals surface area contributed by atoms with E-state index >= 15 is 0 Å². The molecule has 0 atom stereocenters. The molecular weight excluding hydrogens is 176 g/mol. The summed E-state index contributed by atoms with van der Waals surface area (Å²) in [6.45, 7) is 12.7. The van der Waals surface area contributed by atoms with E-state index in [-0.39, 0.29) is 28.9 Å². The zero-order valence-corrected chi connectivity index (χ0v) is 10.1. The van der Waals surface area contributed by atoms with Crippen LogP contribution in [0.4, 0.5) is 4.79 Å². The zero-order valence-electron chi connectivity index (χ0n) is 10.1. The number of hydrogen-bond acceptors (Lipinski definition) is 1. The van der Waals surface area contributed by atoms with Crippen molar-refractivity contribution in [3.63, 3.8) is 0 Å². The van der Waals surface area contributed by atoms with Gasteiger partial charge < -0.3 is 10.6 Å². The monoisotopic (exact) mass is 198 g/mol. The summed E-state index contributed by atoms with van der Waals surface area (Å²) in [6, 6.07) is 0.428. The molecule has 82 valence electrons. The van der Waals surface area contributed by atoms with Crippen LogP contribution in [0.2, 0.25) is 0 Å². The van der Waals surface area contributed by atoms with Gasteiger partial charge in [-0.3, -0.25) is 0 Å². The van der Waals surface area contributed by atoms with Crippen LogP contribution in [0.1, 0.15) is 41.5 Å². The number of urea groups is 1. The normalized spacial score (nSPS) is 23.4. The number of hydrogen-bond donors (Lipinski definition) is 2. The van der Waals surface area contributed by atoms with Crippen LogP contribution in [0.25, 0.3) is 0 Å². The minimum Gasteiger partial charge on any atom is -0.336 e. The quantitative estimate of drug-likeness (QED) is 0.701. The van der Waals surface area contributed by atoms with Gasteiger partial charge in [0, 0.05) is 12.1 Å². The van der Waals surface area contributed by atoms with Gasteiger partial charge in [0.05, 0.1) is 0 Å². The predicted octanol–water partition coefficient (Wildman–Crippen LogP) is 2.13. The minimum atomic E-state index is -0.0522. The average Bonchev–Trinajstić information content (AvgIpc) is 2.30. The molecule has 2 amide bonds. The van der Waals surface area contributed by atoms with E-state index in [4.69, 9.17) is 0 Å². The lowest BCUT2D eigenvalue weighted by molar-refractivity contribution is 0.236. The first-order chi connectivity index (χ1) is 6.19. The standard InChI is InChI=1S/C11H22N2O/c1-7(2)12-9(14)13-8-10(3,4)11(8,5)6/h7-8H,1-6H3,(H2,12,13,14). The van der Waals surface area contributed by atoms with Crippen molar-refractivity contribution in [1.82, 2.24) is 10.6 Å². The van der Waals surface area contributed by atoms with Crippen LogP contribution in [-0.4, -0.2) is 18.1 Å². The molecule has 1 saturated carbocycles. The van der Waals surface area contributed by atoms with E-state index in [0.29, 0.717) is 0 Å². The summed E-state index contributed by atoms with van der Waals surface area (Å²) >= 11 is 0. The fraction of sp³-hybridized carbons (Fsp3) is 0.909. The molecule has 2 N–H and O–H groups in total. The van der Waals surface area contributed by atoms with Gasteiger partial charge in [-0.15, -0.1) is 0 Å². The van der Waals surface area contributed by atoms with Crippen molar-refractivity contribution >= 4 is 6.03 Å². The second-order valence-corrected chi connectivity index (χ2v) is 5.65. The van der Waals surface area contributed by atoms with Crippen LogP contribution in [0, 0.1) is 10.8 Å². The number of carbonyl (C=O) groups excluding carboxylic acids is 1. The molecule has 0 heterocycles. The highest BCUT2D eigenvalue weighted by Crippen LogP contribution is 2.62. The van der Waals surface area contributed by atoms with Gasteiger partial charge in [0.2, 0.25) is 0 Å². The summed E-state index contributed by atoms with van der Waals surface area (Å²) in [4.78, 5) is 11.5. The number of carbonyl (C=O) groups is 1. The highest BCUT2D eigenvalue weighted by atomic mass is 16.2. The maximum Gasteiger partial charge on any atom is 0.315 e. The Morgan fingerprint density at radius 3 is 1.86 bits per heavy atom. The Bertz CT molecular complexity index is 230. The van der Waals surface area contributed by atoms with Gasteiger partial charge in [-0.2, -0.15) is 0 Å². The number of rotatable bonds is 2. The second kappa shape index (κ2) is 3.14. The van der Waals surface area contributed by atoms with Crippen molar-refractivity contribution in [3.05, 3.63) is 0 Å². The number of nitrogens with one attached hydrogen (secondary N) is 2. The Morgan fingerprint density at radius 2 is 1.57 bits per heavy atom. The molecule has 0 aromatic rings. The molecule has 1 rings (SSSR count). The molecule has 0 radical (unpaired) electrons. The lowest BCUT2D eigenvalue weighted by Gasteiger charge is -2.11. The topological polar surface area (TPSA) is 41.1 Å². The Kier molecular flexibility index (Phi) is 2.55. The van der Waals surface area contributed by atoms with Gasteiger partial charge >= 0.3 is 6.03 Å². The lowest BCUT2D eigenvalue weighted by Crippen LogP contribution is -2.42. The highest BCUT2D eigenvalue weighted by molar-refractivity contribution is 5.75. The summed E-state index contributed by atoms with van der Waals surface area (Å²) in [5, 5.41) is 5.86. The Labute approximate surface area is 86.6 Å². The summed E-state index contributed by atoms with van der Waals surface area (Å²) in [6.07, 6.45) is 0. The van der Waals surface area contributed by atoms with Gasteiger partial charge in [0.15, 0.2) is 0 Å². The summed E-state index contributed by atoms with van der Waals surface area (Å²) < 4.78 is 0. The first-order valence-electron chi connectivity index (χ1n) is 5.26. The van der Waals surface area contributed by atoms with Crippen molar-refractivity contribution < 1.29 is 4.79 Å². The van der Waals surface area contributed by atoms with Gasteiger partial charge in [0.25, 0.3) is 0 Å². The third-order valence-corrected chi connectivity index (χ3v) is 3.72. The average molecular weight is 198 g/mol. The van der Waals surface area contributed by atoms with Gasteiger partial charge in [0.1, 0.15) is 0 Å². The third-order valence-electron chi connectivity index (χ3n) is 3.72. The van der Waals surface area contributed by atoms with Crippen LogP contribution < -0.4 is 10.6 Å². The van der Waals surface area contributed by atoms with Crippen molar-refractivity contribution in [2.45, 2.75) is 53.6 Å². The summed E-state index contributed by atoms with van der Waals surface area (Å²) in [5.74, 6) is 0. The van der Waals surface area contributed by atoms with Crippen molar-refractivity contribution in [3.8, 4) is 0 Å². The molecule has 0 aromatic heterocycles. The van der Waals surface area contributed by atoms with Gasteiger partial charge in [-0.25, -0.2) is 4.79 Å². The largest absolute Gasteiger partial charge is 0.336 e. The maximum absolute atomic E-state index is 11.5. The minimum absolute atomic E-state index is 0.0522. The fourth-order valence-corrected chi connectivity index (χ4v) is 1.99. The lowest BCUT2D eigenvalue weighted by atomic mass is 10.0. The van der Waals surface area contributed by atoms with Crippen molar-refractivity contribution in [2.75, 3.05) is 0 Å². The summed E-state index contributed by atoms with van der Waals surface area (Å²) in [7, 11) is 0. The molecule has 0 spiro atoms. The van der Waals surface area contributed by atoms with Crippen LogP contribution in [-0.2, 0) is 0 Å². The highest BCUT2D eigenvalue weighted by Gasteiger charge is 2.65. The SMILES string of the molecule is CC(C)NC(=O)NC1C(C)(C)C1(C)C. The molecule has 14 heavy (non-hydrogen) atoms. The van der Waals surface area contributed by atoms with Crippen LogP contribution in [0.3, 0.4) is 0 Å². The van der Waals surface area contributed by atoms with E-state index in [0.717, 1.165) is 0 Å². The van der Waals surface area contributed by atoms with Gasteiger partial charge in [-0.1, -0.05) is 27.7 Å².